The van der Waals surface area contributed by atoms with Crippen molar-refractivity contribution in [3.63, 3.8) is 0 Å². The van der Waals surface area contributed by atoms with Crippen molar-refractivity contribution in [2.24, 2.45) is 17.8 Å². The van der Waals surface area contributed by atoms with Gasteiger partial charge in [0.25, 0.3) is 0 Å². The fraction of sp³-hybridized carbons (Fsp3) is 0.647. The zero-order valence-corrected chi connectivity index (χ0v) is 13.5. The van der Waals surface area contributed by atoms with Crippen LogP contribution in [0.2, 0.25) is 5.02 Å². The van der Waals surface area contributed by atoms with Gasteiger partial charge in [-0.25, -0.2) is 0 Å². The number of benzene rings is 1. The van der Waals surface area contributed by atoms with Crippen molar-refractivity contribution in [1.82, 2.24) is 0 Å². The maximum absolute atomic E-state index is 6.69. The topological polar surface area (TPSA) is 18.5 Å². The Balaban J connectivity index is 1.52. The molecule has 0 amide bonds. The Morgan fingerprint density at radius 2 is 1.86 bits per heavy atom. The summed E-state index contributed by atoms with van der Waals surface area (Å²) in [6.07, 6.45) is 6.63. The van der Waals surface area contributed by atoms with E-state index in [0.29, 0.717) is 18.2 Å². The van der Waals surface area contributed by atoms with E-state index in [1.165, 1.54) is 25.7 Å². The number of halogens is 2. The third-order valence-electron chi connectivity index (χ3n) is 5.39. The lowest BCUT2D eigenvalue weighted by atomic mass is 9.84. The highest BCUT2D eigenvalue weighted by molar-refractivity contribution is 6.33. The summed E-state index contributed by atoms with van der Waals surface area (Å²) in [5, 5.41) is 0.667. The highest BCUT2D eigenvalue weighted by Gasteiger charge is 2.40. The number of hydrogen-bond acceptors (Lipinski definition) is 2. The first kappa shape index (κ1) is 14.0. The molecule has 4 rings (SSSR count). The van der Waals surface area contributed by atoms with Crippen LogP contribution in [0.25, 0.3) is 0 Å². The van der Waals surface area contributed by atoms with E-state index in [-0.39, 0.29) is 5.38 Å². The SMILES string of the molecule is Clc1cc2c(cc1C(Cl)CC1CC3CCC1C3)OCCO2. The molecule has 2 saturated carbocycles. The second-order valence-electron chi connectivity index (χ2n) is 6.66. The lowest BCUT2D eigenvalue weighted by Crippen LogP contribution is -2.16. The molecule has 114 valence electrons. The van der Waals surface area contributed by atoms with Crippen LogP contribution in [0.15, 0.2) is 12.1 Å². The Labute approximate surface area is 135 Å². The molecule has 0 radical (unpaired) electrons. The number of ether oxygens (including phenoxy) is 2. The summed E-state index contributed by atoms with van der Waals surface area (Å²) in [6, 6.07) is 3.82. The molecule has 1 heterocycles. The molecule has 3 aliphatic rings. The van der Waals surface area contributed by atoms with Gasteiger partial charge in [-0.3, -0.25) is 0 Å². The van der Waals surface area contributed by atoms with Gasteiger partial charge in [0.05, 0.1) is 5.38 Å². The third-order valence-corrected chi connectivity index (χ3v) is 6.13. The molecule has 4 heteroatoms. The summed E-state index contributed by atoms with van der Waals surface area (Å²) in [6.45, 7) is 1.17. The quantitative estimate of drug-likeness (QED) is 0.709. The minimum Gasteiger partial charge on any atom is -0.486 e. The largest absolute Gasteiger partial charge is 0.486 e. The van der Waals surface area contributed by atoms with E-state index in [4.69, 9.17) is 32.7 Å². The van der Waals surface area contributed by atoms with Gasteiger partial charge in [-0.05, 0) is 55.1 Å². The molecule has 1 aliphatic heterocycles. The number of alkyl halides is 1. The van der Waals surface area contributed by atoms with Gasteiger partial charge in [-0.1, -0.05) is 18.0 Å². The minimum absolute atomic E-state index is 0.0299. The van der Waals surface area contributed by atoms with Crippen molar-refractivity contribution in [2.75, 3.05) is 13.2 Å². The van der Waals surface area contributed by atoms with Gasteiger partial charge in [0.2, 0.25) is 0 Å². The van der Waals surface area contributed by atoms with Crippen molar-refractivity contribution in [2.45, 2.75) is 37.5 Å². The van der Waals surface area contributed by atoms with Crippen LogP contribution in [-0.4, -0.2) is 13.2 Å². The second kappa shape index (κ2) is 5.55. The van der Waals surface area contributed by atoms with Gasteiger partial charge in [0, 0.05) is 11.1 Å². The molecule has 0 saturated heterocycles. The van der Waals surface area contributed by atoms with Crippen LogP contribution < -0.4 is 9.47 Å². The Morgan fingerprint density at radius 3 is 2.52 bits per heavy atom. The van der Waals surface area contributed by atoms with E-state index in [2.05, 4.69) is 0 Å². The zero-order chi connectivity index (χ0) is 14.4. The van der Waals surface area contributed by atoms with Crippen molar-refractivity contribution < 1.29 is 9.47 Å². The molecule has 2 nitrogen and oxygen atoms in total. The summed E-state index contributed by atoms with van der Waals surface area (Å²) >= 11 is 13.1. The van der Waals surface area contributed by atoms with Crippen LogP contribution in [0.4, 0.5) is 0 Å². The first-order valence-electron chi connectivity index (χ1n) is 7.94. The van der Waals surface area contributed by atoms with Gasteiger partial charge >= 0.3 is 0 Å². The fourth-order valence-electron chi connectivity index (χ4n) is 4.38. The Bertz CT molecular complexity index is 546. The maximum Gasteiger partial charge on any atom is 0.162 e. The van der Waals surface area contributed by atoms with E-state index in [0.717, 1.165) is 41.2 Å². The highest BCUT2D eigenvalue weighted by atomic mass is 35.5. The average molecular weight is 327 g/mol. The van der Waals surface area contributed by atoms with Crippen LogP contribution in [0.1, 0.15) is 43.0 Å². The van der Waals surface area contributed by atoms with Crippen molar-refractivity contribution >= 4 is 23.2 Å². The summed E-state index contributed by atoms with van der Waals surface area (Å²) in [5.41, 5.74) is 0.991. The molecule has 4 atom stereocenters. The van der Waals surface area contributed by atoms with Crippen molar-refractivity contribution in [3.8, 4) is 11.5 Å². The van der Waals surface area contributed by atoms with Gasteiger partial charge in [0.1, 0.15) is 13.2 Å². The van der Waals surface area contributed by atoms with E-state index in [1.807, 2.05) is 12.1 Å². The van der Waals surface area contributed by atoms with Gasteiger partial charge < -0.3 is 9.47 Å². The fourth-order valence-corrected chi connectivity index (χ4v) is 5.13. The number of hydrogen-bond donors (Lipinski definition) is 0. The molecule has 0 aromatic heterocycles. The lowest BCUT2D eigenvalue weighted by molar-refractivity contribution is 0.171. The summed E-state index contributed by atoms with van der Waals surface area (Å²) in [7, 11) is 0. The molecule has 2 bridgehead atoms. The second-order valence-corrected chi connectivity index (χ2v) is 7.59. The van der Waals surface area contributed by atoms with Crippen LogP contribution in [0, 0.1) is 17.8 Å². The Morgan fingerprint density at radius 1 is 1.10 bits per heavy atom. The monoisotopic (exact) mass is 326 g/mol. The van der Waals surface area contributed by atoms with Crippen LogP contribution in [0.5, 0.6) is 11.5 Å². The van der Waals surface area contributed by atoms with Crippen LogP contribution >= 0.6 is 23.2 Å². The predicted octanol–water partition coefficient (Wildman–Crippen LogP) is 5.22. The molecular weight excluding hydrogens is 307 g/mol. The molecule has 2 aliphatic carbocycles. The van der Waals surface area contributed by atoms with Crippen LogP contribution in [-0.2, 0) is 0 Å². The van der Waals surface area contributed by atoms with E-state index >= 15 is 0 Å². The van der Waals surface area contributed by atoms with Crippen LogP contribution in [0.3, 0.4) is 0 Å². The maximum atomic E-state index is 6.69. The Hall–Kier alpha value is -0.600. The molecule has 1 aromatic rings. The van der Waals surface area contributed by atoms with E-state index in [9.17, 15) is 0 Å². The molecule has 4 unspecified atom stereocenters. The molecule has 21 heavy (non-hydrogen) atoms. The van der Waals surface area contributed by atoms with Gasteiger partial charge in [-0.2, -0.15) is 0 Å². The molecule has 0 spiro atoms. The first-order chi connectivity index (χ1) is 10.2. The van der Waals surface area contributed by atoms with E-state index in [1.54, 1.807) is 0 Å². The lowest BCUT2D eigenvalue weighted by Gasteiger charge is -2.25. The van der Waals surface area contributed by atoms with Gasteiger partial charge in [0.15, 0.2) is 11.5 Å². The summed E-state index contributed by atoms with van der Waals surface area (Å²) in [5.74, 6) is 4.14. The molecule has 1 aromatic carbocycles. The highest BCUT2D eigenvalue weighted by Crippen LogP contribution is 2.52. The Kier molecular flexibility index (Phi) is 3.71. The third kappa shape index (κ3) is 2.61. The van der Waals surface area contributed by atoms with Crippen molar-refractivity contribution in [1.29, 1.82) is 0 Å². The summed E-state index contributed by atoms with van der Waals surface area (Å²) < 4.78 is 11.2. The standard InChI is InChI=1S/C17H20Cl2O2/c18-14(7-12-6-10-1-2-11(12)5-10)13-8-16-17(9-15(13)19)21-4-3-20-16/h8-12,14H,1-7H2. The first-order valence-corrected chi connectivity index (χ1v) is 8.75. The molecule has 2 fully saturated rings. The summed E-state index contributed by atoms with van der Waals surface area (Å²) in [4.78, 5) is 0. The smallest absolute Gasteiger partial charge is 0.162 e. The van der Waals surface area contributed by atoms with Gasteiger partial charge in [-0.15, -0.1) is 11.6 Å². The molecule has 0 N–H and O–H groups in total. The molecular formula is C17H20Cl2O2. The zero-order valence-electron chi connectivity index (χ0n) is 12.0. The van der Waals surface area contributed by atoms with E-state index < -0.39 is 0 Å². The normalized spacial score (nSPS) is 31.4. The average Bonchev–Trinajstić information content (AvgIpc) is 3.09. The minimum atomic E-state index is -0.0299. The number of fused-ring (bicyclic) bond motifs is 3. The van der Waals surface area contributed by atoms with Crippen molar-refractivity contribution in [3.05, 3.63) is 22.7 Å². The number of rotatable bonds is 3. The predicted molar refractivity (Wildman–Crippen MR) is 84.6 cm³/mol.